The molecule has 0 saturated carbocycles. The molecule has 8 nitrogen and oxygen atoms in total. The van der Waals surface area contributed by atoms with Crippen LogP contribution >= 0.6 is 0 Å². The van der Waals surface area contributed by atoms with Crippen molar-refractivity contribution >= 4 is 11.7 Å². The zero-order valence-corrected chi connectivity index (χ0v) is 16.2. The Morgan fingerprint density at radius 3 is 2.39 bits per heavy atom. The first-order valence-corrected chi connectivity index (χ1v) is 9.28. The summed E-state index contributed by atoms with van der Waals surface area (Å²) in [7, 11) is 0. The van der Waals surface area contributed by atoms with Crippen LogP contribution in [0, 0.1) is 5.82 Å². The van der Waals surface area contributed by atoms with Gasteiger partial charge in [-0.2, -0.15) is 0 Å². The van der Waals surface area contributed by atoms with Gasteiger partial charge in [0.1, 0.15) is 24.1 Å². The lowest BCUT2D eigenvalue weighted by Gasteiger charge is -2.29. The SMILES string of the molecule is CC1(C)O[C@H]2O[C@H]([C@H]3COC(C)(C)O3)[C@@H](NC(=O)Nc3ccc(F)cc3)[C@H]2O1. The predicted molar refractivity (Wildman–Crippen MR) is 95.9 cm³/mol. The monoisotopic (exact) mass is 396 g/mol. The molecule has 1 aromatic carbocycles. The van der Waals surface area contributed by atoms with Crippen molar-refractivity contribution in [3.8, 4) is 0 Å². The van der Waals surface area contributed by atoms with Crippen LogP contribution in [0.2, 0.25) is 0 Å². The Morgan fingerprint density at radius 2 is 1.75 bits per heavy atom. The molecule has 3 aliphatic rings. The summed E-state index contributed by atoms with van der Waals surface area (Å²) in [5.41, 5.74) is 0.469. The number of rotatable bonds is 3. The minimum atomic E-state index is -0.819. The zero-order chi connectivity index (χ0) is 20.1. The number of urea groups is 1. The van der Waals surface area contributed by atoms with E-state index < -0.39 is 42.1 Å². The molecule has 3 saturated heterocycles. The molecule has 0 bridgehead atoms. The van der Waals surface area contributed by atoms with Gasteiger partial charge in [-0.15, -0.1) is 0 Å². The highest BCUT2D eigenvalue weighted by molar-refractivity contribution is 5.89. The van der Waals surface area contributed by atoms with Crippen LogP contribution in [0.5, 0.6) is 0 Å². The molecule has 154 valence electrons. The molecule has 0 aliphatic carbocycles. The summed E-state index contributed by atoms with van der Waals surface area (Å²) in [6.45, 7) is 7.55. The van der Waals surface area contributed by atoms with E-state index in [9.17, 15) is 9.18 Å². The van der Waals surface area contributed by atoms with Crippen LogP contribution < -0.4 is 10.6 Å². The molecule has 2 N–H and O–H groups in total. The lowest BCUT2D eigenvalue weighted by molar-refractivity contribution is -0.223. The molecular formula is C19H25FN2O6. The Hall–Kier alpha value is -1.78. The molecule has 0 unspecified atom stereocenters. The summed E-state index contributed by atoms with van der Waals surface area (Å²) in [4.78, 5) is 12.6. The van der Waals surface area contributed by atoms with Crippen LogP contribution in [0.25, 0.3) is 0 Å². The van der Waals surface area contributed by atoms with Crippen molar-refractivity contribution in [2.24, 2.45) is 0 Å². The highest BCUT2D eigenvalue weighted by Crippen LogP contribution is 2.40. The molecule has 3 heterocycles. The number of carbonyl (C=O) groups excluding carboxylic acids is 1. The van der Waals surface area contributed by atoms with Gasteiger partial charge in [-0.1, -0.05) is 0 Å². The van der Waals surface area contributed by atoms with Gasteiger partial charge < -0.3 is 34.3 Å². The van der Waals surface area contributed by atoms with Crippen molar-refractivity contribution in [2.45, 2.75) is 69.9 Å². The summed E-state index contributed by atoms with van der Waals surface area (Å²) in [6.07, 6.45) is -2.01. The fraction of sp³-hybridized carbons (Fsp3) is 0.632. The second-order valence-corrected chi connectivity index (χ2v) is 8.07. The van der Waals surface area contributed by atoms with Crippen molar-refractivity contribution in [3.63, 3.8) is 0 Å². The van der Waals surface area contributed by atoms with Crippen LogP contribution in [0.4, 0.5) is 14.9 Å². The summed E-state index contributed by atoms with van der Waals surface area (Å²) in [6, 6.07) is 4.53. The molecule has 28 heavy (non-hydrogen) atoms. The Morgan fingerprint density at radius 1 is 1.04 bits per heavy atom. The van der Waals surface area contributed by atoms with E-state index in [1.165, 1.54) is 24.3 Å². The number of carbonyl (C=O) groups is 1. The largest absolute Gasteiger partial charge is 0.348 e. The second kappa shape index (κ2) is 6.93. The molecule has 2 amide bonds. The van der Waals surface area contributed by atoms with Gasteiger partial charge in [0.05, 0.1) is 12.6 Å². The van der Waals surface area contributed by atoms with Gasteiger partial charge in [-0.25, -0.2) is 9.18 Å². The van der Waals surface area contributed by atoms with E-state index in [1.807, 2.05) is 13.8 Å². The van der Waals surface area contributed by atoms with E-state index in [-0.39, 0.29) is 11.9 Å². The molecular weight excluding hydrogens is 371 g/mol. The van der Waals surface area contributed by atoms with Gasteiger partial charge in [0.25, 0.3) is 0 Å². The highest BCUT2D eigenvalue weighted by atomic mass is 19.1. The first-order chi connectivity index (χ1) is 13.1. The van der Waals surface area contributed by atoms with Crippen LogP contribution in [-0.2, 0) is 23.7 Å². The normalized spacial score (nSPS) is 35.5. The highest BCUT2D eigenvalue weighted by Gasteiger charge is 2.58. The lowest BCUT2D eigenvalue weighted by Crippen LogP contribution is -2.53. The van der Waals surface area contributed by atoms with Crippen LogP contribution in [0.3, 0.4) is 0 Å². The maximum absolute atomic E-state index is 13.1. The van der Waals surface area contributed by atoms with Gasteiger partial charge in [-0.3, -0.25) is 0 Å². The van der Waals surface area contributed by atoms with Crippen molar-refractivity contribution in [1.82, 2.24) is 5.32 Å². The molecule has 3 fully saturated rings. The maximum Gasteiger partial charge on any atom is 0.319 e. The molecule has 0 spiro atoms. The number of fused-ring (bicyclic) bond motifs is 1. The number of benzene rings is 1. The second-order valence-electron chi connectivity index (χ2n) is 8.07. The van der Waals surface area contributed by atoms with Crippen molar-refractivity contribution < 1.29 is 32.9 Å². The summed E-state index contributed by atoms with van der Waals surface area (Å²) in [5.74, 6) is -1.93. The van der Waals surface area contributed by atoms with E-state index >= 15 is 0 Å². The Kier molecular flexibility index (Phi) is 4.83. The molecule has 0 radical (unpaired) electrons. The smallest absolute Gasteiger partial charge is 0.319 e. The quantitative estimate of drug-likeness (QED) is 0.816. The van der Waals surface area contributed by atoms with Gasteiger partial charge in [0.15, 0.2) is 17.9 Å². The van der Waals surface area contributed by atoms with Gasteiger partial charge >= 0.3 is 6.03 Å². The Bertz CT molecular complexity index is 740. The van der Waals surface area contributed by atoms with E-state index in [2.05, 4.69) is 10.6 Å². The minimum absolute atomic E-state index is 0.332. The molecule has 5 atom stereocenters. The third kappa shape index (κ3) is 3.99. The van der Waals surface area contributed by atoms with E-state index in [1.54, 1.807) is 13.8 Å². The molecule has 0 aromatic heterocycles. The number of hydrogen-bond acceptors (Lipinski definition) is 6. The number of halogens is 1. The third-order valence-electron chi connectivity index (χ3n) is 4.88. The first kappa shape index (κ1) is 19.5. The number of ether oxygens (including phenoxy) is 5. The number of hydrogen-bond donors (Lipinski definition) is 2. The zero-order valence-electron chi connectivity index (χ0n) is 16.2. The first-order valence-electron chi connectivity index (χ1n) is 9.28. The molecule has 3 aliphatic heterocycles. The topological polar surface area (TPSA) is 87.3 Å². The van der Waals surface area contributed by atoms with Crippen molar-refractivity contribution in [2.75, 3.05) is 11.9 Å². The van der Waals surface area contributed by atoms with Crippen LogP contribution in [0.15, 0.2) is 24.3 Å². The summed E-state index contributed by atoms with van der Waals surface area (Å²) >= 11 is 0. The average molecular weight is 396 g/mol. The summed E-state index contributed by atoms with van der Waals surface area (Å²) in [5, 5.41) is 5.58. The molecule has 9 heteroatoms. The van der Waals surface area contributed by atoms with Gasteiger partial charge in [0.2, 0.25) is 0 Å². The Labute approximate surface area is 162 Å². The van der Waals surface area contributed by atoms with E-state index in [0.29, 0.717) is 12.3 Å². The lowest BCUT2D eigenvalue weighted by atomic mass is 10.0. The predicted octanol–water partition coefficient (Wildman–Crippen LogP) is 2.34. The van der Waals surface area contributed by atoms with E-state index in [0.717, 1.165) is 0 Å². The minimum Gasteiger partial charge on any atom is -0.348 e. The van der Waals surface area contributed by atoms with Crippen molar-refractivity contribution in [3.05, 3.63) is 30.1 Å². The average Bonchev–Trinajstić information content (AvgIpc) is 3.20. The third-order valence-corrected chi connectivity index (χ3v) is 4.88. The number of amides is 2. The van der Waals surface area contributed by atoms with Gasteiger partial charge in [-0.05, 0) is 52.0 Å². The maximum atomic E-state index is 13.1. The van der Waals surface area contributed by atoms with Crippen LogP contribution in [-0.4, -0.2) is 54.9 Å². The number of nitrogens with one attached hydrogen (secondary N) is 2. The van der Waals surface area contributed by atoms with Crippen LogP contribution in [0.1, 0.15) is 27.7 Å². The molecule has 4 rings (SSSR count). The summed E-state index contributed by atoms with van der Waals surface area (Å²) < 4.78 is 42.4. The molecule has 1 aromatic rings. The van der Waals surface area contributed by atoms with Crippen molar-refractivity contribution in [1.29, 1.82) is 0 Å². The van der Waals surface area contributed by atoms with Gasteiger partial charge in [0, 0.05) is 5.69 Å². The van der Waals surface area contributed by atoms with E-state index in [4.69, 9.17) is 23.7 Å². The number of anilines is 1. The Balaban J connectivity index is 1.48. The fourth-order valence-corrected chi connectivity index (χ4v) is 3.74. The standard InChI is InChI=1S/C19H25FN2O6/c1-18(2)24-9-12(26-18)14-13(15-16(25-14)28-19(3,4)27-15)22-17(23)21-11-7-5-10(20)6-8-11/h5-8,12-16H,9H2,1-4H3,(H2,21,22,23)/t12-,13-,14-,15-,16-/m1/s1. The fourth-order valence-electron chi connectivity index (χ4n) is 3.74.